The maximum absolute atomic E-state index is 12.5. The topological polar surface area (TPSA) is 78.3 Å². The molecule has 0 unspecified atom stereocenters. The van der Waals surface area contributed by atoms with Gasteiger partial charge in [-0.05, 0) is 59.2 Å². The number of pyridine rings is 1. The molecular weight excluding hydrogens is 448 g/mol. The van der Waals surface area contributed by atoms with Crippen LogP contribution in [0.2, 0.25) is 0 Å². The highest BCUT2D eigenvalue weighted by molar-refractivity contribution is 7.90. The third kappa shape index (κ3) is 3.64. The molecule has 0 aliphatic carbocycles. The first kappa shape index (κ1) is 21.9. The molecule has 3 aromatic carbocycles. The van der Waals surface area contributed by atoms with E-state index in [-0.39, 0.29) is 4.90 Å². The molecular formula is C27H22N2O4S. The van der Waals surface area contributed by atoms with Crippen LogP contribution < -0.4 is 4.74 Å². The molecule has 0 fully saturated rings. The van der Waals surface area contributed by atoms with E-state index in [9.17, 15) is 13.2 Å². The summed E-state index contributed by atoms with van der Waals surface area (Å²) in [6.07, 6.45) is 5.28. The fourth-order valence-electron chi connectivity index (χ4n) is 4.38. The van der Waals surface area contributed by atoms with E-state index in [1.165, 1.54) is 10.8 Å². The molecule has 7 heteroatoms. The molecule has 6 nitrogen and oxygen atoms in total. The smallest absolute Gasteiger partial charge is 0.219 e. The van der Waals surface area contributed by atoms with E-state index in [4.69, 9.17) is 4.74 Å². The number of fused-ring (bicyclic) bond motifs is 2. The van der Waals surface area contributed by atoms with Gasteiger partial charge in [0, 0.05) is 35.2 Å². The number of carbonyl (C=O) groups is 1. The zero-order valence-electron chi connectivity index (χ0n) is 18.7. The van der Waals surface area contributed by atoms with Crippen molar-refractivity contribution < 1.29 is 17.9 Å². The molecule has 5 rings (SSSR count). The number of hydrogen-bond donors (Lipinski definition) is 0. The van der Waals surface area contributed by atoms with Gasteiger partial charge in [-0.15, -0.1) is 0 Å². The Morgan fingerprint density at radius 3 is 2.50 bits per heavy atom. The second kappa shape index (κ2) is 8.43. The molecule has 0 radical (unpaired) electrons. The minimum Gasteiger partial charge on any atom is -0.493 e. The Morgan fingerprint density at radius 1 is 0.941 bits per heavy atom. The normalized spacial score (nSPS) is 11.7. The van der Waals surface area contributed by atoms with E-state index >= 15 is 0 Å². The molecule has 170 valence electrons. The van der Waals surface area contributed by atoms with Gasteiger partial charge in [-0.3, -0.25) is 9.36 Å². The van der Waals surface area contributed by atoms with Crippen molar-refractivity contribution in [3.63, 3.8) is 0 Å². The van der Waals surface area contributed by atoms with Crippen molar-refractivity contribution in [2.24, 2.45) is 0 Å². The van der Waals surface area contributed by atoms with Crippen LogP contribution in [0.15, 0.2) is 84.0 Å². The first-order valence-electron chi connectivity index (χ1n) is 10.8. The van der Waals surface area contributed by atoms with E-state index < -0.39 is 9.84 Å². The molecule has 34 heavy (non-hydrogen) atoms. The van der Waals surface area contributed by atoms with Crippen LogP contribution in [-0.4, -0.2) is 37.2 Å². The number of sulfone groups is 1. The van der Waals surface area contributed by atoms with Gasteiger partial charge >= 0.3 is 0 Å². The summed E-state index contributed by atoms with van der Waals surface area (Å²) in [5, 5.41) is 2.74. The molecule has 2 aromatic heterocycles. The molecule has 0 bridgehead atoms. The Labute approximate surface area is 197 Å². The molecule has 0 saturated carbocycles. The summed E-state index contributed by atoms with van der Waals surface area (Å²) in [6, 6.07) is 20.6. The van der Waals surface area contributed by atoms with Gasteiger partial charge in [0.15, 0.2) is 9.84 Å². The zero-order valence-corrected chi connectivity index (χ0v) is 19.5. The van der Waals surface area contributed by atoms with E-state index in [1.54, 1.807) is 30.6 Å². The standard InChI is InChI=1S/C27H22N2O4S/c1-3-33-25-13-10-18-7-4-5-8-20(18)26(25)23-15-19(34(2,31)32)11-12-21(23)24-16-29(17-30)27-22(24)9-6-14-28-27/h4-17H,3H2,1-2H3. The molecule has 0 N–H and O–H groups in total. The molecule has 0 spiro atoms. The molecule has 0 saturated heterocycles. The van der Waals surface area contributed by atoms with Gasteiger partial charge in [-0.1, -0.05) is 36.4 Å². The second-order valence-corrected chi connectivity index (χ2v) is 10.0. The Morgan fingerprint density at radius 2 is 1.74 bits per heavy atom. The van der Waals surface area contributed by atoms with Crippen LogP contribution in [0.4, 0.5) is 0 Å². The van der Waals surface area contributed by atoms with Gasteiger partial charge < -0.3 is 4.74 Å². The highest BCUT2D eigenvalue weighted by Crippen LogP contribution is 2.44. The number of rotatable bonds is 6. The van der Waals surface area contributed by atoms with Gasteiger partial charge in [0.05, 0.1) is 11.5 Å². The minimum absolute atomic E-state index is 0.207. The third-order valence-electron chi connectivity index (χ3n) is 5.87. The lowest BCUT2D eigenvalue weighted by Crippen LogP contribution is -2.00. The van der Waals surface area contributed by atoms with Crippen molar-refractivity contribution in [3.8, 4) is 28.0 Å². The molecule has 0 amide bonds. The fourth-order valence-corrected chi connectivity index (χ4v) is 5.03. The minimum atomic E-state index is -3.47. The first-order valence-corrected chi connectivity index (χ1v) is 12.7. The lowest BCUT2D eigenvalue weighted by atomic mass is 9.90. The summed E-state index contributed by atoms with van der Waals surface area (Å²) >= 11 is 0. The number of hydrogen-bond acceptors (Lipinski definition) is 5. The average molecular weight is 471 g/mol. The maximum atomic E-state index is 12.5. The molecule has 5 aromatic rings. The summed E-state index contributed by atoms with van der Waals surface area (Å²) in [5.74, 6) is 0.658. The quantitative estimate of drug-likeness (QED) is 0.312. The van der Waals surface area contributed by atoms with Crippen molar-refractivity contribution in [2.75, 3.05) is 12.9 Å². The van der Waals surface area contributed by atoms with E-state index in [2.05, 4.69) is 4.98 Å². The fraction of sp³-hybridized carbons (Fsp3) is 0.111. The Bertz CT molecular complexity index is 1670. The van der Waals surface area contributed by atoms with E-state index in [0.29, 0.717) is 30.0 Å². The van der Waals surface area contributed by atoms with E-state index in [1.807, 2.05) is 55.5 Å². The van der Waals surface area contributed by atoms with Crippen LogP contribution in [0.3, 0.4) is 0 Å². The molecule has 0 aliphatic heterocycles. The van der Waals surface area contributed by atoms with Crippen molar-refractivity contribution >= 4 is 38.1 Å². The summed E-state index contributed by atoms with van der Waals surface area (Å²) in [6.45, 7) is 2.37. The monoisotopic (exact) mass is 470 g/mol. The van der Waals surface area contributed by atoms with Crippen LogP contribution in [0.5, 0.6) is 5.75 Å². The number of carbonyl (C=O) groups excluding carboxylic acids is 1. The third-order valence-corrected chi connectivity index (χ3v) is 6.98. The molecule has 2 heterocycles. The summed E-state index contributed by atoms with van der Waals surface area (Å²) in [4.78, 5) is 16.3. The van der Waals surface area contributed by atoms with Crippen molar-refractivity contribution in [2.45, 2.75) is 11.8 Å². The number of ether oxygens (including phenoxy) is 1. The number of benzene rings is 3. The van der Waals surface area contributed by atoms with Crippen LogP contribution >= 0.6 is 0 Å². The van der Waals surface area contributed by atoms with Crippen molar-refractivity contribution in [3.05, 3.63) is 79.1 Å². The summed E-state index contributed by atoms with van der Waals surface area (Å²) in [5.41, 5.74) is 3.60. The lowest BCUT2D eigenvalue weighted by molar-refractivity contribution is 0.342. The van der Waals surface area contributed by atoms with Crippen LogP contribution in [0, 0.1) is 0 Å². The lowest BCUT2D eigenvalue weighted by Gasteiger charge is -2.18. The van der Waals surface area contributed by atoms with Gasteiger partial charge in [-0.25, -0.2) is 13.4 Å². The summed E-state index contributed by atoms with van der Waals surface area (Å²) in [7, 11) is -3.47. The largest absolute Gasteiger partial charge is 0.493 e. The average Bonchev–Trinajstić information content (AvgIpc) is 3.22. The SMILES string of the molecule is CCOc1ccc2ccccc2c1-c1cc(S(C)(=O)=O)ccc1-c1cn(C=O)c2ncccc12. The number of aromatic nitrogens is 2. The predicted molar refractivity (Wildman–Crippen MR) is 135 cm³/mol. The Hall–Kier alpha value is -3.97. The Kier molecular flexibility index (Phi) is 5.42. The highest BCUT2D eigenvalue weighted by Gasteiger charge is 2.21. The van der Waals surface area contributed by atoms with Gasteiger partial charge in [0.25, 0.3) is 0 Å². The highest BCUT2D eigenvalue weighted by atomic mass is 32.2. The molecule has 0 atom stereocenters. The van der Waals surface area contributed by atoms with Crippen LogP contribution in [0.25, 0.3) is 44.1 Å². The molecule has 0 aliphatic rings. The first-order chi connectivity index (χ1) is 16.4. The van der Waals surface area contributed by atoms with Gasteiger partial charge in [0.2, 0.25) is 6.41 Å². The van der Waals surface area contributed by atoms with Crippen LogP contribution in [-0.2, 0) is 14.6 Å². The van der Waals surface area contributed by atoms with Crippen LogP contribution in [0.1, 0.15) is 6.92 Å². The van der Waals surface area contributed by atoms with Crippen molar-refractivity contribution in [1.29, 1.82) is 0 Å². The summed E-state index contributed by atoms with van der Waals surface area (Å²) < 4.78 is 32.5. The second-order valence-electron chi connectivity index (χ2n) is 8.00. The van der Waals surface area contributed by atoms with Gasteiger partial charge in [0.1, 0.15) is 11.4 Å². The van der Waals surface area contributed by atoms with Gasteiger partial charge in [-0.2, -0.15) is 0 Å². The maximum Gasteiger partial charge on any atom is 0.219 e. The number of nitrogens with zero attached hydrogens (tertiary/aromatic N) is 2. The Balaban J connectivity index is 1.93. The predicted octanol–water partition coefficient (Wildman–Crippen LogP) is 5.36. The zero-order chi connectivity index (χ0) is 23.9. The van der Waals surface area contributed by atoms with Crippen molar-refractivity contribution in [1.82, 2.24) is 9.55 Å². The van der Waals surface area contributed by atoms with E-state index in [0.717, 1.165) is 32.8 Å².